The standard InChI is InChI=1S/C23H25N7O2/c1-16(31)25-9-10-26-20-18-13-19(29-21(18)28-15-27-20)22(32)30-11-7-23(14-24,8-12-30)17-5-3-2-4-6-17/h2-6,13,15H,7-12H2,1H3,(H,25,31)(H2,26,27,28,29). The van der Waals surface area contributed by atoms with Gasteiger partial charge >= 0.3 is 0 Å². The van der Waals surface area contributed by atoms with Gasteiger partial charge in [-0.3, -0.25) is 9.59 Å². The number of hydrogen-bond donors (Lipinski definition) is 3. The van der Waals surface area contributed by atoms with Gasteiger partial charge in [0.15, 0.2) is 0 Å². The molecule has 4 rings (SSSR count). The number of H-pyrrole nitrogens is 1. The number of likely N-dealkylation sites (tertiary alicyclic amines) is 1. The molecular weight excluding hydrogens is 406 g/mol. The van der Waals surface area contributed by atoms with E-state index in [0.29, 0.717) is 61.6 Å². The monoisotopic (exact) mass is 431 g/mol. The van der Waals surface area contributed by atoms with Gasteiger partial charge in [-0.15, -0.1) is 0 Å². The minimum atomic E-state index is -0.561. The van der Waals surface area contributed by atoms with Crippen molar-refractivity contribution in [1.82, 2.24) is 25.2 Å². The Bertz CT molecular complexity index is 1160. The maximum Gasteiger partial charge on any atom is 0.270 e. The molecule has 32 heavy (non-hydrogen) atoms. The van der Waals surface area contributed by atoms with Gasteiger partial charge in [0.1, 0.15) is 23.5 Å². The van der Waals surface area contributed by atoms with Crippen molar-refractivity contribution < 1.29 is 9.59 Å². The van der Waals surface area contributed by atoms with Gasteiger partial charge in [-0.2, -0.15) is 5.26 Å². The number of rotatable bonds is 6. The number of nitriles is 1. The lowest BCUT2D eigenvalue weighted by Crippen LogP contribution is -2.44. The number of aromatic amines is 1. The summed E-state index contributed by atoms with van der Waals surface area (Å²) in [5.41, 5.74) is 1.45. The lowest BCUT2D eigenvalue weighted by Gasteiger charge is -2.37. The number of fused-ring (bicyclic) bond motifs is 1. The number of anilines is 1. The molecule has 1 aliphatic rings. The van der Waals surface area contributed by atoms with Crippen LogP contribution in [0.3, 0.4) is 0 Å². The van der Waals surface area contributed by atoms with E-state index >= 15 is 0 Å². The molecule has 9 nitrogen and oxygen atoms in total. The summed E-state index contributed by atoms with van der Waals surface area (Å²) in [7, 11) is 0. The molecule has 0 saturated carbocycles. The molecule has 2 aromatic heterocycles. The fraction of sp³-hybridized carbons (Fsp3) is 0.348. The molecule has 0 spiro atoms. The zero-order valence-electron chi connectivity index (χ0n) is 17.9. The van der Waals surface area contributed by atoms with E-state index in [1.54, 1.807) is 11.0 Å². The molecule has 9 heteroatoms. The predicted octanol–water partition coefficient (Wildman–Crippen LogP) is 2.20. The largest absolute Gasteiger partial charge is 0.368 e. The van der Waals surface area contributed by atoms with Crippen LogP contribution in [-0.2, 0) is 10.2 Å². The van der Waals surface area contributed by atoms with Crippen LogP contribution in [0.2, 0.25) is 0 Å². The molecule has 0 unspecified atom stereocenters. The Morgan fingerprint density at radius 3 is 2.62 bits per heavy atom. The number of piperidine rings is 1. The van der Waals surface area contributed by atoms with Gasteiger partial charge in [-0.1, -0.05) is 30.3 Å². The number of aromatic nitrogens is 3. The van der Waals surface area contributed by atoms with E-state index in [1.165, 1.54) is 13.3 Å². The fourth-order valence-corrected chi connectivity index (χ4v) is 4.10. The second kappa shape index (κ2) is 9.06. The van der Waals surface area contributed by atoms with E-state index in [-0.39, 0.29) is 11.8 Å². The van der Waals surface area contributed by atoms with Crippen LogP contribution in [0.15, 0.2) is 42.7 Å². The molecule has 0 atom stereocenters. The Balaban J connectivity index is 1.46. The van der Waals surface area contributed by atoms with Crippen LogP contribution in [-0.4, -0.2) is 57.8 Å². The van der Waals surface area contributed by atoms with Crippen LogP contribution < -0.4 is 10.6 Å². The Morgan fingerprint density at radius 2 is 1.94 bits per heavy atom. The summed E-state index contributed by atoms with van der Waals surface area (Å²) in [6.07, 6.45) is 2.61. The summed E-state index contributed by atoms with van der Waals surface area (Å²) >= 11 is 0. The summed E-state index contributed by atoms with van der Waals surface area (Å²) in [4.78, 5) is 37.5. The van der Waals surface area contributed by atoms with E-state index < -0.39 is 5.41 Å². The van der Waals surface area contributed by atoms with Gasteiger partial charge in [-0.05, 0) is 24.5 Å². The van der Waals surface area contributed by atoms with Crippen molar-refractivity contribution in [3.05, 3.63) is 54.0 Å². The molecule has 2 amide bonds. The summed E-state index contributed by atoms with van der Waals surface area (Å²) < 4.78 is 0. The first kappa shape index (κ1) is 21.3. The molecule has 0 radical (unpaired) electrons. The lowest BCUT2D eigenvalue weighted by atomic mass is 9.74. The first-order valence-electron chi connectivity index (χ1n) is 10.6. The first-order valence-corrected chi connectivity index (χ1v) is 10.6. The maximum absolute atomic E-state index is 13.1. The minimum Gasteiger partial charge on any atom is -0.368 e. The summed E-state index contributed by atoms with van der Waals surface area (Å²) in [6.45, 7) is 3.44. The molecule has 1 saturated heterocycles. The van der Waals surface area contributed by atoms with Crippen molar-refractivity contribution in [3.63, 3.8) is 0 Å². The highest BCUT2D eigenvalue weighted by Gasteiger charge is 2.38. The van der Waals surface area contributed by atoms with Crippen molar-refractivity contribution >= 4 is 28.7 Å². The average Bonchev–Trinajstić information content (AvgIpc) is 3.27. The van der Waals surface area contributed by atoms with Crippen molar-refractivity contribution in [1.29, 1.82) is 5.26 Å². The van der Waals surface area contributed by atoms with E-state index in [9.17, 15) is 14.9 Å². The number of nitrogens with zero attached hydrogens (tertiary/aromatic N) is 4. The molecule has 1 aromatic carbocycles. The molecule has 1 fully saturated rings. The third-order valence-electron chi connectivity index (χ3n) is 5.89. The second-order valence-corrected chi connectivity index (χ2v) is 7.93. The third-order valence-corrected chi connectivity index (χ3v) is 5.89. The molecule has 3 N–H and O–H groups in total. The van der Waals surface area contributed by atoms with Crippen LogP contribution in [0.25, 0.3) is 11.0 Å². The third kappa shape index (κ3) is 4.25. The molecule has 0 aliphatic carbocycles. The Morgan fingerprint density at radius 1 is 1.19 bits per heavy atom. The SMILES string of the molecule is CC(=O)NCCNc1ncnc2[nH]c(C(=O)N3CCC(C#N)(c4ccccc4)CC3)cc12. The fourth-order valence-electron chi connectivity index (χ4n) is 4.10. The average molecular weight is 432 g/mol. The van der Waals surface area contributed by atoms with Gasteiger partial charge in [0.2, 0.25) is 5.91 Å². The van der Waals surface area contributed by atoms with Gasteiger partial charge in [0, 0.05) is 33.1 Å². The van der Waals surface area contributed by atoms with Crippen molar-refractivity contribution in [2.75, 3.05) is 31.5 Å². The summed E-state index contributed by atoms with van der Waals surface area (Å²) in [5, 5.41) is 16.5. The number of carbonyl (C=O) groups excluding carboxylic acids is 2. The highest BCUT2D eigenvalue weighted by Crippen LogP contribution is 2.35. The first-order chi connectivity index (χ1) is 15.5. The zero-order valence-corrected chi connectivity index (χ0v) is 17.9. The van der Waals surface area contributed by atoms with Gasteiger partial charge in [-0.25, -0.2) is 9.97 Å². The molecule has 164 valence electrons. The molecule has 3 aromatic rings. The van der Waals surface area contributed by atoms with E-state index in [4.69, 9.17) is 0 Å². The highest BCUT2D eigenvalue weighted by atomic mass is 16.2. The van der Waals surface area contributed by atoms with E-state index in [0.717, 1.165) is 5.56 Å². The second-order valence-electron chi connectivity index (χ2n) is 7.93. The Hall–Kier alpha value is -3.93. The normalized spacial score (nSPS) is 15.2. The Labute approximate surface area is 185 Å². The van der Waals surface area contributed by atoms with Gasteiger partial charge < -0.3 is 20.5 Å². The summed E-state index contributed by atoms with van der Waals surface area (Å²) in [5.74, 6) is 0.386. The van der Waals surface area contributed by atoms with Crippen molar-refractivity contribution in [2.45, 2.75) is 25.2 Å². The van der Waals surface area contributed by atoms with Crippen molar-refractivity contribution in [2.24, 2.45) is 0 Å². The number of amides is 2. The zero-order chi connectivity index (χ0) is 22.6. The van der Waals surface area contributed by atoms with Crippen LogP contribution in [0, 0.1) is 11.3 Å². The van der Waals surface area contributed by atoms with E-state index in [2.05, 4.69) is 31.7 Å². The quantitative estimate of drug-likeness (QED) is 0.514. The molecule has 1 aliphatic heterocycles. The molecule has 0 bridgehead atoms. The summed E-state index contributed by atoms with van der Waals surface area (Å²) in [6, 6.07) is 14.0. The van der Waals surface area contributed by atoms with Crippen LogP contribution in [0.5, 0.6) is 0 Å². The molecule has 3 heterocycles. The Kier molecular flexibility index (Phi) is 6.03. The van der Waals surface area contributed by atoms with E-state index in [1.807, 2.05) is 30.3 Å². The van der Waals surface area contributed by atoms with Crippen LogP contribution >= 0.6 is 0 Å². The smallest absolute Gasteiger partial charge is 0.270 e. The minimum absolute atomic E-state index is 0.0941. The number of nitrogens with one attached hydrogen (secondary N) is 3. The van der Waals surface area contributed by atoms with Gasteiger partial charge in [0.25, 0.3) is 5.91 Å². The number of benzene rings is 1. The molecular formula is C23H25N7O2. The van der Waals surface area contributed by atoms with Crippen molar-refractivity contribution in [3.8, 4) is 6.07 Å². The van der Waals surface area contributed by atoms with Crippen LogP contribution in [0.1, 0.15) is 35.8 Å². The van der Waals surface area contributed by atoms with Gasteiger partial charge in [0.05, 0.1) is 16.9 Å². The topological polar surface area (TPSA) is 127 Å². The highest BCUT2D eigenvalue weighted by molar-refractivity contribution is 6.00. The predicted molar refractivity (Wildman–Crippen MR) is 120 cm³/mol. The maximum atomic E-state index is 13.1. The number of carbonyl (C=O) groups is 2. The lowest BCUT2D eigenvalue weighted by molar-refractivity contribution is -0.118. The van der Waals surface area contributed by atoms with Crippen LogP contribution in [0.4, 0.5) is 5.82 Å². The number of hydrogen-bond acceptors (Lipinski definition) is 6.